The molecule has 0 saturated heterocycles. The molecule has 1 aliphatic rings. The molecule has 0 aliphatic carbocycles. The first-order valence-corrected chi connectivity index (χ1v) is 14.1. The third-order valence-corrected chi connectivity index (χ3v) is 8.68. The van der Waals surface area contributed by atoms with E-state index >= 15 is 0 Å². The molecule has 16 heteroatoms. The minimum Gasteiger partial charge on any atom is -0.450 e. The fourth-order valence-electron chi connectivity index (χ4n) is 3.82. The first-order valence-electron chi connectivity index (χ1n) is 11.8. The molecule has 3 rings (SSSR count). The number of nitrogens with one attached hydrogen (secondary N) is 3. The van der Waals surface area contributed by atoms with Crippen LogP contribution in [0, 0.1) is 22.7 Å². The van der Waals surface area contributed by atoms with E-state index < -0.39 is 47.1 Å². The molecular formula is C24H25N7O7S2. The Morgan fingerprint density at radius 3 is 2.33 bits per heavy atom. The van der Waals surface area contributed by atoms with Gasteiger partial charge in [-0.2, -0.15) is 14.8 Å². The van der Waals surface area contributed by atoms with Gasteiger partial charge in [-0.1, -0.05) is 0 Å². The van der Waals surface area contributed by atoms with Crippen molar-refractivity contribution in [1.29, 1.82) is 10.5 Å². The van der Waals surface area contributed by atoms with Gasteiger partial charge in [0, 0.05) is 24.0 Å². The molecule has 0 radical (unpaired) electrons. The Balaban J connectivity index is 1.90. The van der Waals surface area contributed by atoms with E-state index in [4.69, 9.17) is 15.3 Å². The third kappa shape index (κ3) is 6.55. The predicted molar refractivity (Wildman–Crippen MR) is 142 cm³/mol. The molecule has 0 saturated carbocycles. The molecule has 14 nitrogen and oxygen atoms in total. The lowest BCUT2D eigenvalue weighted by Crippen LogP contribution is -2.39. The molecule has 210 valence electrons. The molecule has 2 aromatic rings. The maximum atomic E-state index is 13.1. The second kappa shape index (κ2) is 13.0. The zero-order chi connectivity index (χ0) is 29.4. The van der Waals surface area contributed by atoms with Crippen LogP contribution in [0.5, 0.6) is 0 Å². The van der Waals surface area contributed by atoms with E-state index in [0.29, 0.717) is 14.7 Å². The minimum atomic E-state index is -4.15. The summed E-state index contributed by atoms with van der Waals surface area (Å²) < 4.78 is 31.3. The number of thiophene rings is 1. The van der Waals surface area contributed by atoms with Crippen molar-refractivity contribution in [3.05, 3.63) is 45.8 Å². The normalized spacial score (nSPS) is 12.5. The third-order valence-electron chi connectivity index (χ3n) is 5.74. The Morgan fingerprint density at radius 2 is 1.75 bits per heavy atom. The highest BCUT2D eigenvalue weighted by molar-refractivity contribution is 7.89. The van der Waals surface area contributed by atoms with Gasteiger partial charge in [0.1, 0.15) is 18.1 Å². The van der Waals surface area contributed by atoms with Crippen molar-refractivity contribution in [1.82, 2.24) is 19.8 Å². The molecular weight excluding hydrogens is 562 g/mol. The van der Waals surface area contributed by atoms with Crippen LogP contribution in [0.15, 0.2) is 29.2 Å². The maximum Gasteiger partial charge on any atom is 0.410 e. The van der Waals surface area contributed by atoms with Gasteiger partial charge in [0.05, 0.1) is 35.7 Å². The van der Waals surface area contributed by atoms with Crippen LogP contribution >= 0.6 is 11.3 Å². The van der Waals surface area contributed by atoms with Crippen molar-refractivity contribution < 1.29 is 32.3 Å². The minimum absolute atomic E-state index is 0.0586. The largest absolute Gasteiger partial charge is 0.450 e. The molecule has 0 spiro atoms. The van der Waals surface area contributed by atoms with Crippen molar-refractivity contribution in [2.75, 3.05) is 38.6 Å². The number of urea groups is 1. The van der Waals surface area contributed by atoms with Crippen molar-refractivity contribution in [2.24, 2.45) is 0 Å². The van der Waals surface area contributed by atoms with E-state index in [1.54, 1.807) is 19.1 Å². The molecule has 2 heterocycles. The topological polar surface area (TPSA) is 202 Å². The Kier molecular flexibility index (Phi) is 9.78. The first kappa shape index (κ1) is 30.0. The second-order valence-corrected chi connectivity index (χ2v) is 11.2. The lowest BCUT2D eigenvalue weighted by atomic mass is 10.0. The number of ether oxygens (including phenoxy) is 1. The van der Waals surface area contributed by atoms with E-state index in [9.17, 15) is 27.6 Å². The van der Waals surface area contributed by atoms with Gasteiger partial charge in [-0.15, -0.1) is 11.3 Å². The van der Waals surface area contributed by atoms with Crippen LogP contribution in [-0.2, 0) is 27.7 Å². The number of nitrogens with zero attached hydrogens (tertiary/aromatic N) is 4. The Bertz CT molecular complexity index is 1490. The number of benzene rings is 1. The molecule has 40 heavy (non-hydrogen) atoms. The van der Waals surface area contributed by atoms with Crippen LogP contribution in [0.1, 0.15) is 38.1 Å². The van der Waals surface area contributed by atoms with Crippen LogP contribution in [-0.4, -0.2) is 74.9 Å². The number of amides is 5. The van der Waals surface area contributed by atoms with E-state index in [2.05, 4.69) is 16.0 Å². The summed E-state index contributed by atoms with van der Waals surface area (Å²) in [4.78, 5) is 52.0. The highest BCUT2D eigenvalue weighted by Gasteiger charge is 2.32. The van der Waals surface area contributed by atoms with Gasteiger partial charge in [-0.3, -0.25) is 14.9 Å². The summed E-state index contributed by atoms with van der Waals surface area (Å²) in [6.07, 6.45) is -0.229. The number of hydrogen-bond donors (Lipinski definition) is 3. The van der Waals surface area contributed by atoms with Gasteiger partial charge in [0.15, 0.2) is 0 Å². The summed E-state index contributed by atoms with van der Waals surface area (Å²) >= 11 is 1.07. The van der Waals surface area contributed by atoms with E-state index in [0.717, 1.165) is 11.3 Å². The zero-order valence-electron chi connectivity index (χ0n) is 21.5. The quantitative estimate of drug-likeness (QED) is 0.384. The highest BCUT2D eigenvalue weighted by Crippen LogP contribution is 2.37. The smallest absolute Gasteiger partial charge is 0.410 e. The number of fused-ring (bicyclic) bond motifs is 1. The molecule has 0 fully saturated rings. The maximum absolute atomic E-state index is 13.1. The summed E-state index contributed by atoms with van der Waals surface area (Å²) in [6, 6.07) is 7.48. The van der Waals surface area contributed by atoms with E-state index in [1.807, 2.05) is 0 Å². The molecule has 0 atom stereocenters. The second-order valence-electron chi connectivity index (χ2n) is 8.18. The summed E-state index contributed by atoms with van der Waals surface area (Å²) in [6.45, 7) is 1.25. The molecule has 3 N–H and O–H groups in total. The lowest BCUT2D eigenvalue weighted by molar-refractivity contribution is 0.0963. The molecule has 5 amide bonds. The number of anilines is 1. The van der Waals surface area contributed by atoms with Crippen molar-refractivity contribution in [3.8, 4) is 12.1 Å². The SMILES string of the molecule is CCOC(=O)N1CCc2c(sc(NC(=O)c3ccc(S(=O)(=O)N(CC#N)CC#N)cc3)c2C(=O)NC(=O)NC)C1. The average molecular weight is 588 g/mol. The Hall–Kier alpha value is -4.51. The summed E-state index contributed by atoms with van der Waals surface area (Å²) in [5.41, 5.74) is 0.727. The van der Waals surface area contributed by atoms with Gasteiger partial charge in [-0.05, 0) is 43.2 Å². The summed E-state index contributed by atoms with van der Waals surface area (Å²) in [5, 5.41) is 25.1. The van der Waals surface area contributed by atoms with Gasteiger partial charge in [0.25, 0.3) is 11.8 Å². The highest BCUT2D eigenvalue weighted by atomic mass is 32.2. The number of nitriles is 2. The number of carbonyl (C=O) groups is 4. The number of carbonyl (C=O) groups excluding carboxylic acids is 4. The Morgan fingerprint density at radius 1 is 1.10 bits per heavy atom. The van der Waals surface area contributed by atoms with Gasteiger partial charge in [-0.25, -0.2) is 18.0 Å². The van der Waals surface area contributed by atoms with Crippen LogP contribution in [0.3, 0.4) is 0 Å². The van der Waals surface area contributed by atoms with E-state index in [1.165, 1.54) is 36.2 Å². The van der Waals surface area contributed by atoms with Crippen LogP contribution in [0.4, 0.5) is 14.6 Å². The first-order chi connectivity index (χ1) is 19.1. The number of sulfonamides is 1. The summed E-state index contributed by atoms with van der Waals surface area (Å²) in [5.74, 6) is -1.40. The van der Waals surface area contributed by atoms with Gasteiger partial charge < -0.3 is 20.3 Å². The molecule has 1 aromatic carbocycles. The number of imide groups is 1. The van der Waals surface area contributed by atoms with Crippen LogP contribution < -0.4 is 16.0 Å². The molecule has 0 bridgehead atoms. The van der Waals surface area contributed by atoms with Crippen LogP contribution in [0.2, 0.25) is 0 Å². The van der Waals surface area contributed by atoms with Crippen molar-refractivity contribution >= 4 is 50.3 Å². The fraction of sp³-hybridized carbons (Fsp3) is 0.333. The fourth-order valence-corrected chi connectivity index (χ4v) is 6.31. The number of hydrogen-bond acceptors (Lipinski definition) is 10. The monoisotopic (exact) mass is 587 g/mol. The van der Waals surface area contributed by atoms with Gasteiger partial charge in [0.2, 0.25) is 10.0 Å². The molecule has 0 unspecified atom stereocenters. The summed E-state index contributed by atoms with van der Waals surface area (Å²) in [7, 11) is -2.81. The lowest BCUT2D eigenvalue weighted by Gasteiger charge is -2.26. The van der Waals surface area contributed by atoms with Gasteiger partial charge >= 0.3 is 12.1 Å². The number of rotatable bonds is 8. The van der Waals surface area contributed by atoms with E-state index in [-0.39, 0.29) is 47.1 Å². The Labute approximate surface area is 234 Å². The zero-order valence-corrected chi connectivity index (χ0v) is 23.1. The van der Waals surface area contributed by atoms with Crippen LogP contribution in [0.25, 0.3) is 0 Å². The van der Waals surface area contributed by atoms with Crippen molar-refractivity contribution in [2.45, 2.75) is 24.8 Å². The molecule has 1 aromatic heterocycles. The predicted octanol–water partition coefficient (Wildman–Crippen LogP) is 1.62. The van der Waals surface area contributed by atoms with Crippen molar-refractivity contribution in [3.63, 3.8) is 0 Å². The standard InChI is InChI=1S/C24H25N7O7S2/c1-3-38-24(35)30-11-8-17-18(14-30)39-22(19(17)21(33)29-23(34)27-2)28-20(32)15-4-6-16(7-5-15)40(36,37)31(12-9-25)13-10-26/h4-7H,3,8,11-14H2,1-2H3,(H,28,32)(H2,27,29,33,34). The average Bonchev–Trinajstić information content (AvgIpc) is 3.30. The molecule has 1 aliphatic heterocycles.